The molecule has 0 radical (unpaired) electrons. The molecule has 0 aliphatic carbocycles. The lowest BCUT2D eigenvalue weighted by atomic mass is 10.3. The summed E-state index contributed by atoms with van der Waals surface area (Å²) in [6.45, 7) is 0.0277. The van der Waals surface area contributed by atoms with Gasteiger partial charge in [0, 0.05) is 19.2 Å². The number of carbonyl (C=O) groups excluding carboxylic acids is 1. The third-order valence-electron chi connectivity index (χ3n) is 1.68. The molecule has 1 rings (SSSR count). The fourth-order valence-electron chi connectivity index (χ4n) is 1.04. The molecule has 1 aromatic rings. The molecule has 2 N–H and O–H groups in total. The Hall–Kier alpha value is -1.40. The van der Waals surface area contributed by atoms with E-state index in [2.05, 4.69) is 9.68 Å². The van der Waals surface area contributed by atoms with Crippen LogP contribution < -0.4 is 0 Å². The maximum atomic E-state index is 11.6. The highest BCUT2D eigenvalue weighted by molar-refractivity contribution is 5.91. The highest BCUT2D eigenvalue weighted by atomic mass is 16.5. The van der Waals surface area contributed by atoms with Crippen molar-refractivity contribution in [3.63, 3.8) is 0 Å². The molecule has 6 heteroatoms. The van der Waals surface area contributed by atoms with Gasteiger partial charge in [0.25, 0.3) is 5.91 Å². The number of hydrogen-bond acceptors (Lipinski definition) is 5. The molecule has 0 aromatic carbocycles. The predicted molar refractivity (Wildman–Crippen MR) is 46.6 cm³/mol. The fraction of sp³-hybridized carbons (Fsp3) is 0.500. The second kappa shape index (κ2) is 5.36. The molecule has 0 aliphatic rings. The van der Waals surface area contributed by atoms with Crippen molar-refractivity contribution in [2.24, 2.45) is 0 Å². The summed E-state index contributed by atoms with van der Waals surface area (Å²) in [4.78, 5) is 12.8. The van der Waals surface area contributed by atoms with E-state index in [0.717, 1.165) is 0 Å². The molecule has 78 valence electrons. The van der Waals surface area contributed by atoms with Crippen LogP contribution in [-0.2, 0) is 0 Å². The molecule has 1 aromatic heterocycles. The second-order valence-corrected chi connectivity index (χ2v) is 2.62. The molecule has 6 nitrogen and oxygen atoms in total. The van der Waals surface area contributed by atoms with Crippen molar-refractivity contribution in [2.75, 3.05) is 26.3 Å². The van der Waals surface area contributed by atoms with Crippen molar-refractivity contribution in [1.29, 1.82) is 0 Å². The SMILES string of the molecule is O=C(c1ccno1)N(CCO)CCO. The Morgan fingerprint density at radius 1 is 1.43 bits per heavy atom. The van der Waals surface area contributed by atoms with Gasteiger partial charge in [-0.2, -0.15) is 0 Å². The maximum absolute atomic E-state index is 11.6. The molecule has 0 saturated heterocycles. The minimum Gasteiger partial charge on any atom is -0.395 e. The monoisotopic (exact) mass is 200 g/mol. The third-order valence-corrected chi connectivity index (χ3v) is 1.68. The van der Waals surface area contributed by atoms with Gasteiger partial charge in [0.2, 0.25) is 5.76 Å². The standard InChI is InChI=1S/C8H12N2O4/c11-5-3-10(4-6-12)8(13)7-1-2-9-14-7/h1-2,11-12H,3-6H2. The smallest absolute Gasteiger partial charge is 0.292 e. The molecule has 0 bridgehead atoms. The topological polar surface area (TPSA) is 86.8 Å². The molecule has 0 fully saturated rings. The Labute approximate surface area is 80.7 Å². The molecular weight excluding hydrogens is 188 g/mol. The van der Waals surface area contributed by atoms with E-state index in [9.17, 15) is 4.79 Å². The van der Waals surface area contributed by atoms with Crippen LogP contribution in [0.2, 0.25) is 0 Å². The highest BCUT2D eigenvalue weighted by Crippen LogP contribution is 2.02. The number of aliphatic hydroxyl groups is 2. The van der Waals surface area contributed by atoms with Gasteiger partial charge in [0.05, 0.1) is 19.4 Å². The summed E-state index contributed by atoms with van der Waals surface area (Å²) in [5.74, 6) is -0.280. The van der Waals surface area contributed by atoms with Gasteiger partial charge in [-0.05, 0) is 0 Å². The number of carbonyl (C=O) groups is 1. The largest absolute Gasteiger partial charge is 0.395 e. The van der Waals surface area contributed by atoms with E-state index in [4.69, 9.17) is 10.2 Å². The van der Waals surface area contributed by atoms with E-state index in [0.29, 0.717) is 0 Å². The van der Waals surface area contributed by atoms with Crippen molar-refractivity contribution < 1.29 is 19.5 Å². The van der Waals surface area contributed by atoms with Gasteiger partial charge in [0.1, 0.15) is 0 Å². The number of aromatic nitrogens is 1. The van der Waals surface area contributed by atoms with E-state index in [1.54, 1.807) is 0 Å². The van der Waals surface area contributed by atoms with Crippen LogP contribution >= 0.6 is 0 Å². The first-order chi connectivity index (χ1) is 6.79. The number of hydrogen-bond donors (Lipinski definition) is 2. The highest BCUT2D eigenvalue weighted by Gasteiger charge is 2.17. The van der Waals surface area contributed by atoms with E-state index < -0.39 is 0 Å². The number of amides is 1. The van der Waals surface area contributed by atoms with Crippen molar-refractivity contribution in [1.82, 2.24) is 10.1 Å². The van der Waals surface area contributed by atoms with Crippen molar-refractivity contribution in [3.05, 3.63) is 18.0 Å². The summed E-state index contributed by atoms with van der Waals surface area (Å²) in [5.41, 5.74) is 0. The van der Waals surface area contributed by atoms with Crippen LogP contribution in [0.15, 0.2) is 16.8 Å². The van der Waals surface area contributed by atoms with E-state index in [1.807, 2.05) is 0 Å². The van der Waals surface area contributed by atoms with Gasteiger partial charge < -0.3 is 19.6 Å². The zero-order valence-corrected chi connectivity index (χ0v) is 7.59. The first kappa shape index (κ1) is 10.7. The van der Waals surface area contributed by atoms with E-state index >= 15 is 0 Å². The van der Waals surface area contributed by atoms with Crippen molar-refractivity contribution in [2.45, 2.75) is 0 Å². The normalized spacial score (nSPS) is 10.1. The Balaban J connectivity index is 2.63. The molecular formula is C8H12N2O4. The van der Waals surface area contributed by atoms with Crippen LogP contribution in [-0.4, -0.2) is 52.5 Å². The molecule has 0 saturated carbocycles. The van der Waals surface area contributed by atoms with Gasteiger partial charge in [-0.3, -0.25) is 4.79 Å². The van der Waals surface area contributed by atoms with Crippen LogP contribution in [0.3, 0.4) is 0 Å². The molecule has 0 spiro atoms. The van der Waals surface area contributed by atoms with Crippen LogP contribution in [0, 0.1) is 0 Å². The number of nitrogens with zero attached hydrogens (tertiary/aromatic N) is 2. The van der Waals surface area contributed by atoms with Crippen LogP contribution in [0.5, 0.6) is 0 Å². The van der Waals surface area contributed by atoms with Gasteiger partial charge >= 0.3 is 0 Å². The van der Waals surface area contributed by atoms with Gasteiger partial charge in [-0.1, -0.05) is 5.16 Å². The Morgan fingerprint density at radius 2 is 2.07 bits per heavy atom. The second-order valence-electron chi connectivity index (χ2n) is 2.62. The van der Waals surface area contributed by atoms with Crippen LogP contribution in [0.25, 0.3) is 0 Å². The lowest BCUT2D eigenvalue weighted by Gasteiger charge is -2.18. The first-order valence-corrected chi connectivity index (χ1v) is 4.21. The average molecular weight is 200 g/mol. The zero-order chi connectivity index (χ0) is 10.4. The van der Waals surface area contributed by atoms with E-state index in [-0.39, 0.29) is 38.0 Å². The number of rotatable bonds is 5. The van der Waals surface area contributed by atoms with Crippen LogP contribution in [0.4, 0.5) is 0 Å². The molecule has 14 heavy (non-hydrogen) atoms. The quantitative estimate of drug-likeness (QED) is 0.643. The average Bonchev–Trinajstić information content (AvgIpc) is 2.69. The number of aliphatic hydroxyl groups excluding tert-OH is 2. The maximum Gasteiger partial charge on any atom is 0.292 e. The van der Waals surface area contributed by atoms with Gasteiger partial charge in [-0.15, -0.1) is 0 Å². The molecule has 0 aliphatic heterocycles. The van der Waals surface area contributed by atoms with Gasteiger partial charge in [-0.25, -0.2) is 0 Å². The van der Waals surface area contributed by atoms with Crippen molar-refractivity contribution >= 4 is 5.91 Å². The summed E-state index contributed by atoms with van der Waals surface area (Å²) in [6.07, 6.45) is 1.36. The third kappa shape index (κ3) is 2.54. The lowest BCUT2D eigenvalue weighted by molar-refractivity contribution is 0.0644. The van der Waals surface area contributed by atoms with Crippen molar-refractivity contribution in [3.8, 4) is 0 Å². The first-order valence-electron chi connectivity index (χ1n) is 4.21. The molecule has 0 unspecified atom stereocenters. The summed E-state index contributed by atoms with van der Waals surface area (Å²) in [7, 11) is 0. The van der Waals surface area contributed by atoms with Gasteiger partial charge in [0.15, 0.2) is 0 Å². The minimum atomic E-state index is -0.384. The Kier molecular flexibility index (Phi) is 4.09. The predicted octanol–water partition coefficient (Wildman–Crippen LogP) is -0.899. The molecule has 1 heterocycles. The zero-order valence-electron chi connectivity index (χ0n) is 7.59. The summed E-state index contributed by atoms with van der Waals surface area (Å²) >= 11 is 0. The Bertz CT molecular complexity index is 267. The minimum absolute atomic E-state index is 0.104. The summed E-state index contributed by atoms with van der Waals surface area (Å²) in [5, 5.41) is 20.8. The Morgan fingerprint density at radius 3 is 2.50 bits per heavy atom. The fourth-order valence-corrected chi connectivity index (χ4v) is 1.04. The summed E-state index contributed by atoms with van der Waals surface area (Å²) in [6, 6.07) is 1.43. The molecule has 1 amide bonds. The van der Waals surface area contributed by atoms with Crippen LogP contribution in [0.1, 0.15) is 10.6 Å². The summed E-state index contributed by atoms with van der Waals surface area (Å²) < 4.78 is 4.66. The lowest BCUT2D eigenvalue weighted by Crippen LogP contribution is -2.35. The molecule has 0 atom stereocenters. The van der Waals surface area contributed by atoms with E-state index in [1.165, 1.54) is 17.2 Å².